The Hall–Kier alpha value is -1.24. The monoisotopic (exact) mass is 334 g/mol. The van der Waals surface area contributed by atoms with Gasteiger partial charge in [-0.15, -0.1) is 11.3 Å². The molecule has 0 radical (unpaired) electrons. The maximum atomic E-state index is 6.32. The third-order valence-corrected chi connectivity index (χ3v) is 6.24. The molecule has 0 bridgehead atoms. The summed E-state index contributed by atoms with van der Waals surface area (Å²) in [5.74, 6) is 5.44. The van der Waals surface area contributed by atoms with Crippen LogP contribution in [0.1, 0.15) is 35.1 Å². The smallest absolute Gasteiger partial charge is 0.0966 e. The maximum Gasteiger partial charge on any atom is 0.0966 e. The molecule has 2 aliphatic heterocycles. The Morgan fingerprint density at radius 2 is 2.26 bits per heavy atom. The van der Waals surface area contributed by atoms with Gasteiger partial charge >= 0.3 is 0 Å². The highest BCUT2D eigenvalue weighted by Gasteiger charge is 2.41. The summed E-state index contributed by atoms with van der Waals surface area (Å²) in [6.07, 6.45) is 6.02. The highest BCUT2D eigenvalue weighted by Crippen LogP contribution is 2.44. The van der Waals surface area contributed by atoms with Gasteiger partial charge in [0, 0.05) is 49.1 Å². The van der Waals surface area contributed by atoms with Crippen LogP contribution < -0.4 is 5.84 Å². The molecule has 2 aliphatic rings. The lowest BCUT2D eigenvalue weighted by Crippen LogP contribution is -2.47. The van der Waals surface area contributed by atoms with E-state index >= 15 is 0 Å². The lowest BCUT2D eigenvalue weighted by Gasteiger charge is -2.44. The second-order valence-electron chi connectivity index (χ2n) is 6.28. The lowest BCUT2D eigenvalue weighted by atomic mass is 9.82. The molecule has 3 heterocycles. The number of hydrogen-bond donors (Lipinski definition) is 1. The number of rotatable bonds is 4. The van der Waals surface area contributed by atoms with E-state index in [1.54, 1.807) is 18.1 Å². The van der Waals surface area contributed by atoms with Crippen LogP contribution in [0.2, 0.25) is 0 Å². The number of aliphatic imine (C=N–C) groups is 1. The van der Waals surface area contributed by atoms with Gasteiger partial charge in [0.1, 0.15) is 0 Å². The third kappa shape index (κ3) is 3.34. The van der Waals surface area contributed by atoms with Crippen molar-refractivity contribution in [2.45, 2.75) is 38.2 Å². The van der Waals surface area contributed by atoms with E-state index in [9.17, 15) is 0 Å². The number of nitrogens with two attached hydrogens (primary N) is 1. The van der Waals surface area contributed by atoms with Gasteiger partial charge in [0.15, 0.2) is 0 Å². The Labute approximate surface area is 142 Å². The van der Waals surface area contributed by atoms with E-state index < -0.39 is 0 Å². The van der Waals surface area contributed by atoms with Gasteiger partial charge < -0.3 is 10.6 Å². The van der Waals surface area contributed by atoms with Crippen LogP contribution >= 0.6 is 11.3 Å². The molecule has 5 nitrogen and oxygen atoms in total. The number of fused-ring (bicyclic) bond motifs is 2. The summed E-state index contributed by atoms with van der Waals surface area (Å²) >= 11 is 1.98. The Morgan fingerprint density at radius 3 is 2.91 bits per heavy atom. The van der Waals surface area contributed by atoms with Gasteiger partial charge in [-0.1, -0.05) is 6.92 Å². The molecule has 2 N–H and O–H groups in total. The largest absolute Gasteiger partial charge is 0.370 e. The van der Waals surface area contributed by atoms with Crippen molar-refractivity contribution >= 4 is 23.3 Å². The van der Waals surface area contributed by atoms with Gasteiger partial charge in [-0.25, -0.2) is 0 Å². The van der Waals surface area contributed by atoms with E-state index in [2.05, 4.69) is 28.0 Å². The molecule has 0 aromatic carbocycles. The number of ether oxygens (including phenoxy) is 1. The Balaban J connectivity index is 1.70. The molecular weight excluding hydrogens is 308 g/mol. The highest BCUT2D eigenvalue weighted by molar-refractivity contribution is 7.12. The van der Waals surface area contributed by atoms with Gasteiger partial charge in [-0.3, -0.25) is 9.89 Å². The minimum absolute atomic E-state index is 0.0626. The van der Waals surface area contributed by atoms with Crippen LogP contribution in [0.5, 0.6) is 0 Å². The van der Waals surface area contributed by atoms with E-state index in [1.807, 2.05) is 11.3 Å². The van der Waals surface area contributed by atoms with Crippen molar-refractivity contribution in [1.29, 1.82) is 0 Å². The van der Waals surface area contributed by atoms with Gasteiger partial charge in [0.2, 0.25) is 0 Å². The number of aryl methyl sites for hydroxylation is 1. The topological polar surface area (TPSA) is 63.2 Å². The Kier molecular flexibility index (Phi) is 5.14. The SMILES string of the molecule is CCc1cc2c(s1)CCOC21CCN(C/C(C=NC)=N/N)CC1. The molecule has 1 fully saturated rings. The average Bonchev–Trinajstić information content (AvgIpc) is 3.01. The predicted molar refractivity (Wildman–Crippen MR) is 96.7 cm³/mol. The average molecular weight is 334 g/mol. The summed E-state index contributed by atoms with van der Waals surface area (Å²) in [6.45, 7) is 5.87. The van der Waals surface area contributed by atoms with Crippen LogP contribution in [0.15, 0.2) is 16.2 Å². The van der Waals surface area contributed by atoms with Gasteiger partial charge in [0.05, 0.1) is 17.9 Å². The molecule has 0 amide bonds. The van der Waals surface area contributed by atoms with Crippen molar-refractivity contribution < 1.29 is 4.74 Å². The second-order valence-corrected chi connectivity index (χ2v) is 7.50. The van der Waals surface area contributed by atoms with E-state index in [1.165, 1.54) is 10.4 Å². The van der Waals surface area contributed by atoms with Crippen molar-refractivity contribution in [1.82, 2.24) is 4.90 Å². The zero-order valence-electron chi connectivity index (χ0n) is 14.0. The van der Waals surface area contributed by atoms with Crippen molar-refractivity contribution in [3.05, 3.63) is 21.4 Å². The quantitative estimate of drug-likeness (QED) is 0.521. The molecule has 1 aromatic rings. The van der Waals surface area contributed by atoms with E-state index in [0.29, 0.717) is 0 Å². The number of hydrogen-bond acceptors (Lipinski definition) is 6. The molecule has 0 atom stereocenters. The molecule has 1 spiro atoms. The van der Waals surface area contributed by atoms with Crippen LogP contribution in [-0.4, -0.2) is 50.1 Å². The summed E-state index contributed by atoms with van der Waals surface area (Å²) < 4.78 is 6.32. The predicted octanol–water partition coefficient (Wildman–Crippen LogP) is 2.19. The zero-order chi connectivity index (χ0) is 16.3. The molecule has 6 heteroatoms. The summed E-state index contributed by atoms with van der Waals surface area (Å²) in [5, 5.41) is 3.82. The minimum Gasteiger partial charge on any atom is -0.370 e. The second kappa shape index (κ2) is 7.11. The number of thiophene rings is 1. The van der Waals surface area contributed by atoms with E-state index in [-0.39, 0.29) is 5.60 Å². The van der Waals surface area contributed by atoms with Crippen molar-refractivity contribution in [2.24, 2.45) is 15.9 Å². The van der Waals surface area contributed by atoms with Gasteiger partial charge in [-0.2, -0.15) is 5.10 Å². The van der Waals surface area contributed by atoms with Crippen molar-refractivity contribution in [3.8, 4) is 0 Å². The maximum absolute atomic E-state index is 6.32. The number of likely N-dealkylation sites (tertiary alicyclic amines) is 1. The first-order chi connectivity index (χ1) is 11.2. The first-order valence-electron chi connectivity index (χ1n) is 8.38. The third-order valence-electron chi connectivity index (χ3n) is 4.90. The van der Waals surface area contributed by atoms with Gasteiger partial charge in [0.25, 0.3) is 0 Å². The number of hydrazone groups is 1. The molecule has 0 aliphatic carbocycles. The minimum atomic E-state index is -0.0626. The van der Waals surface area contributed by atoms with Crippen LogP contribution in [0, 0.1) is 0 Å². The summed E-state index contributed by atoms with van der Waals surface area (Å²) in [4.78, 5) is 9.43. The summed E-state index contributed by atoms with van der Waals surface area (Å²) in [7, 11) is 1.75. The Morgan fingerprint density at radius 1 is 1.48 bits per heavy atom. The normalized spacial score (nSPS) is 21.9. The van der Waals surface area contributed by atoms with Crippen LogP contribution in [0.4, 0.5) is 0 Å². The fourth-order valence-electron chi connectivity index (χ4n) is 3.63. The van der Waals surface area contributed by atoms with E-state index in [0.717, 1.165) is 57.6 Å². The van der Waals surface area contributed by atoms with Crippen molar-refractivity contribution in [2.75, 3.05) is 33.3 Å². The molecule has 0 saturated carbocycles. The fraction of sp³-hybridized carbons (Fsp3) is 0.647. The van der Waals surface area contributed by atoms with E-state index in [4.69, 9.17) is 10.6 Å². The molecule has 1 saturated heterocycles. The first-order valence-corrected chi connectivity index (χ1v) is 9.19. The molecule has 126 valence electrons. The molecule has 0 unspecified atom stereocenters. The molecular formula is C17H26N4OS. The molecule has 23 heavy (non-hydrogen) atoms. The molecule has 3 rings (SSSR count). The fourth-order valence-corrected chi connectivity index (χ4v) is 4.80. The Bertz CT molecular complexity index is 600. The standard InChI is InChI=1S/C17H26N4OS/c1-3-14-10-15-16(23-14)4-9-22-17(15)5-7-21(8-6-17)12-13(20-18)11-19-2/h10-11H,3-9,12,18H2,1-2H3/b19-11?,20-13+. The lowest BCUT2D eigenvalue weighted by molar-refractivity contribution is -0.0953. The summed E-state index contributed by atoms with van der Waals surface area (Å²) in [6, 6.07) is 2.39. The highest BCUT2D eigenvalue weighted by atomic mass is 32.1. The van der Waals surface area contributed by atoms with Crippen LogP contribution in [-0.2, 0) is 23.2 Å². The molecule has 1 aromatic heterocycles. The van der Waals surface area contributed by atoms with Gasteiger partial charge in [-0.05, 0) is 30.9 Å². The number of nitrogens with zero attached hydrogens (tertiary/aromatic N) is 3. The van der Waals surface area contributed by atoms with Crippen LogP contribution in [0.3, 0.4) is 0 Å². The zero-order valence-corrected chi connectivity index (χ0v) is 14.9. The summed E-state index contributed by atoms with van der Waals surface area (Å²) in [5.41, 5.74) is 2.23. The van der Waals surface area contributed by atoms with Crippen LogP contribution in [0.25, 0.3) is 0 Å². The number of piperidine rings is 1. The van der Waals surface area contributed by atoms with Crippen molar-refractivity contribution in [3.63, 3.8) is 0 Å². The first kappa shape index (κ1) is 16.6.